The van der Waals surface area contributed by atoms with Gasteiger partial charge in [0.15, 0.2) is 5.78 Å². The van der Waals surface area contributed by atoms with Crippen LogP contribution >= 0.6 is 0 Å². The number of aromatic nitrogens is 3. The number of ketones is 1. The first kappa shape index (κ1) is 21.2. The molecule has 4 rings (SSSR count). The lowest BCUT2D eigenvalue weighted by Gasteiger charge is -2.17. The molecule has 0 aromatic carbocycles. The molecule has 3 heterocycles. The monoisotopic (exact) mass is 434 g/mol. The number of hydrogen-bond donors (Lipinski definition) is 3. The lowest BCUT2D eigenvalue weighted by molar-refractivity contribution is 0.0939. The van der Waals surface area contributed by atoms with E-state index in [0.29, 0.717) is 40.6 Å². The number of pyridine rings is 2. The molecule has 0 bridgehead atoms. The van der Waals surface area contributed by atoms with E-state index in [-0.39, 0.29) is 17.6 Å². The molecular formula is C23H23FN6O2. The summed E-state index contributed by atoms with van der Waals surface area (Å²) in [7, 11) is 3.40. The Hall–Kier alpha value is -4.01. The van der Waals surface area contributed by atoms with Gasteiger partial charge in [-0.05, 0) is 24.6 Å². The molecule has 1 atom stereocenters. The minimum Gasteiger partial charge on any atom is -0.355 e. The van der Waals surface area contributed by atoms with Crippen molar-refractivity contribution in [1.29, 1.82) is 0 Å². The fourth-order valence-electron chi connectivity index (χ4n) is 3.67. The van der Waals surface area contributed by atoms with Crippen molar-refractivity contribution >= 4 is 40.8 Å². The van der Waals surface area contributed by atoms with Crippen LogP contribution in [0.25, 0.3) is 6.08 Å². The molecule has 0 radical (unpaired) electrons. The second-order valence-corrected chi connectivity index (χ2v) is 7.46. The number of fused-ring (bicyclic) bond motifs is 1. The van der Waals surface area contributed by atoms with Crippen molar-refractivity contribution in [3.8, 4) is 0 Å². The topological polar surface area (TPSA) is 101 Å². The molecule has 8 nitrogen and oxygen atoms in total. The van der Waals surface area contributed by atoms with Crippen molar-refractivity contribution < 1.29 is 14.0 Å². The molecule has 0 saturated heterocycles. The number of hydrogen-bond acceptors (Lipinski definition) is 6. The van der Waals surface area contributed by atoms with Crippen LogP contribution in [0.1, 0.15) is 39.8 Å². The van der Waals surface area contributed by atoms with E-state index in [9.17, 15) is 14.0 Å². The van der Waals surface area contributed by atoms with E-state index < -0.39 is 5.82 Å². The number of anilines is 4. The van der Waals surface area contributed by atoms with Crippen LogP contribution in [0.5, 0.6) is 0 Å². The number of allylic oxidation sites excluding steroid dienone is 1. The molecule has 0 fully saturated rings. The number of carbonyl (C=O) groups is 2. The van der Waals surface area contributed by atoms with E-state index in [1.165, 1.54) is 25.4 Å². The summed E-state index contributed by atoms with van der Waals surface area (Å²) in [5.74, 6) is -0.101. The standard InChI is InChI=1S/C23H23FN6O2/c1-4-13-5-7-18-21(22(13)31)17(12-30(18)3)28-16-9-20(27-11-15(16)23(32)25-2)29-19-8-6-14(24)10-26-19/h5-13H,4H2,1-3H3,(H,25,32)(H2,26,27,28,29). The fraction of sp³-hybridized carbons (Fsp3) is 0.217. The second-order valence-electron chi connectivity index (χ2n) is 7.46. The maximum absolute atomic E-state index is 13.1. The first-order chi connectivity index (χ1) is 15.4. The van der Waals surface area contributed by atoms with Crippen LogP contribution < -0.4 is 16.0 Å². The van der Waals surface area contributed by atoms with Crippen molar-refractivity contribution in [2.75, 3.05) is 17.7 Å². The van der Waals surface area contributed by atoms with Gasteiger partial charge in [-0.15, -0.1) is 0 Å². The molecule has 1 amide bonds. The molecule has 3 N–H and O–H groups in total. The molecular weight excluding hydrogens is 411 g/mol. The van der Waals surface area contributed by atoms with Gasteiger partial charge in [-0.25, -0.2) is 14.4 Å². The average molecular weight is 434 g/mol. The highest BCUT2D eigenvalue weighted by atomic mass is 19.1. The number of carbonyl (C=O) groups excluding carboxylic acids is 2. The van der Waals surface area contributed by atoms with Crippen LogP contribution in [0.15, 0.2) is 42.9 Å². The number of nitrogens with one attached hydrogen (secondary N) is 3. The molecule has 0 spiro atoms. The highest BCUT2D eigenvalue weighted by molar-refractivity contribution is 6.10. The average Bonchev–Trinajstić information content (AvgIpc) is 3.11. The third kappa shape index (κ3) is 3.96. The zero-order chi connectivity index (χ0) is 22.8. The summed E-state index contributed by atoms with van der Waals surface area (Å²) in [6.45, 7) is 1.97. The Bertz CT molecular complexity index is 1220. The van der Waals surface area contributed by atoms with Gasteiger partial charge in [0, 0.05) is 38.5 Å². The lowest BCUT2D eigenvalue weighted by atomic mass is 9.89. The molecule has 32 heavy (non-hydrogen) atoms. The van der Waals surface area contributed by atoms with Gasteiger partial charge in [-0.2, -0.15) is 0 Å². The van der Waals surface area contributed by atoms with Crippen LogP contribution in [0, 0.1) is 11.7 Å². The Balaban J connectivity index is 1.73. The number of rotatable bonds is 6. The van der Waals surface area contributed by atoms with Gasteiger partial charge < -0.3 is 20.5 Å². The molecule has 164 valence electrons. The van der Waals surface area contributed by atoms with Crippen molar-refractivity contribution in [3.63, 3.8) is 0 Å². The summed E-state index contributed by atoms with van der Waals surface area (Å²) < 4.78 is 15.0. The van der Waals surface area contributed by atoms with Crippen molar-refractivity contribution in [2.45, 2.75) is 13.3 Å². The number of amides is 1. The number of Topliss-reactive ketones (excluding diaryl/α,β-unsaturated/α-hetero) is 1. The third-order valence-electron chi connectivity index (χ3n) is 5.37. The van der Waals surface area contributed by atoms with Crippen LogP contribution in [-0.4, -0.2) is 33.3 Å². The Labute approximate surface area is 184 Å². The number of nitrogens with zero attached hydrogens (tertiary/aromatic N) is 3. The maximum atomic E-state index is 13.1. The highest BCUT2D eigenvalue weighted by Gasteiger charge is 2.28. The van der Waals surface area contributed by atoms with Gasteiger partial charge >= 0.3 is 0 Å². The molecule has 1 aliphatic rings. The van der Waals surface area contributed by atoms with E-state index in [1.807, 2.05) is 36.9 Å². The zero-order valence-corrected chi connectivity index (χ0v) is 17.9. The van der Waals surface area contributed by atoms with Crippen LogP contribution in [0.2, 0.25) is 0 Å². The predicted molar refractivity (Wildman–Crippen MR) is 121 cm³/mol. The third-order valence-corrected chi connectivity index (χ3v) is 5.37. The van der Waals surface area contributed by atoms with E-state index in [1.54, 1.807) is 6.07 Å². The summed E-state index contributed by atoms with van der Waals surface area (Å²) in [5.41, 5.74) is 2.79. The highest BCUT2D eigenvalue weighted by Crippen LogP contribution is 2.34. The minimum atomic E-state index is -0.446. The number of aryl methyl sites for hydroxylation is 1. The van der Waals surface area contributed by atoms with Gasteiger partial charge in [0.2, 0.25) is 0 Å². The molecule has 0 saturated carbocycles. The van der Waals surface area contributed by atoms with Crippen molar-refractivity contribution in [3.05, 3.63) is 65.5 Å². The fourth-order valence-corrected chi connectivity index (χ4v) is 3.67. The zero-order valence-electron chi connectivity index (χ0n) is 17.9. The van der Waals surface area contributed by atoms with Gasteiger partial charge in [0.1, 0.15) is 17.5 Å². The summed E-state index contributed by atoms with van der Waals surface area (Å²) >= 11 is 0. The SMILES string of the molecule is CCC1C=Cc2c(c(Nc3cc(Nc4ccc(F)cn4)ncc3C(=O)NC)cn2C)C1=O. The lowest BCUT2D eigenvalue weighted by Crippen LogP contribution is -2.20. The van der Waals surface area contributed by atoms with Gasteiger partial charge in [-0.3, -0.25) is 9.59 Å². The largest absolute Gasteiger partial charge is 0.355 e. The van der Waals surface area contributed by atoms with E-state index in [2.05, 4.69) is 25.9 Å². The Morgan fingerprint density at radius 1 is 1.16 bits per heavy atom. The van der Waals surface area contributed by atoms with Gasteiger partial charge in [0.05, 0.1) is 34.4 Å². The Morgan fingerprint density at radius 2 is 1.94 bits per heavy atom. The Kier molecular flexibility index (Phi) is 5.72. The summed E-state index contributed by atoms with van der Waals surface area (Å²) in [6, 6.07) is 4.42. The normalized spacial score (nSPS) is 14.8. The van der Waals surface area contributed by atoms with Crippen molar-refractivity contribution in [2.24, 2.45) is 13.0 Å². The molecule has 1 unspecified atom stereocenters. The predicted octanol–water partition coefficient (Wildman–Crippen LogP) is 4.04. The van der Waals surface area contributed by atoms with Crippen LogP contribution in [-0.2, 0) is 7.05 Å². The van der Waals surface area contributed by atoms with E-state index >= 15 is 0 Å². The summed E-state index contributed by atoms with van der Waals surface area (Å²) in [5, 5.41) is 8.84. The summed E-state index contributed by atoms with van der Waals surface area (Å²) in [4.78, 5) is 33.7. The second kappa shape index (κ2) is 8.62. The summed E-state index contributed by atoms with van der Waals surface area (Å²) in [6.07, 6.45) is 8.94. The van der Waals surface area contributed by atoms with Crippen molar-refractivity contribution in [1.82, 2.24) is 19.9 Å². The van der Waals surface area contributed by atoms with Gasteiger partial charge in [0.25, 0.3) is 5.91 Å². The van der Waals surface area contributed by atoms with E-state index in [0.717, 1.165) is 11.9 Å². The molecule has 3 aromatic rings. The smallest absolute Gasteiger partial charge is 0.254 e. The van der Waals surface area contributed by atoms with E-state index in [4.69, 9.17) is 0 Å². The molecule has 0 aliphatic heterocycles. The molecule has 9 heteroatoms. The molecule has 1 aliphatic carbocycles. The Morgan fingerprint density at radius 3 is 2.62 bits per heavy atom. The van der Waals surface area contributed by atoms with Gasteiger partial charge in [-0.1, -0.05) is 13.0 Å². The first-order valence-electron chi connectivity index (χ1n) is 10.2. The number of halogens is 1. The first-order valence-corrected chi connectivity index (χ1v) is 10.2. The van der Waals surface area contributed by atoms with Crippen LogP contribution in [0.4, 0.5) is 27.4 Å². The quantitative estimate of drug-likeness (QED) is 0.541. The molecule has 3 aromatic heterocycles. The van der Waals surface area contributed by atoms with Crippen LogP contribution in [0.3, 0.4) is 0 Å². The minimum absolute atomic E-state index is 0.0394. The maximum Gasteiger partial charge on any atom is 0.254 e.